The molecule has 0 spiro atoms. The molecule has 0 bridgehead atoms. The van der Waals surface area contributed by atoms with E-state index in [4.69, 9.17) is 9.47 Å². The van der Waals surface area contributed by atoms with Crippen molar-refractivity contribution in [2.45, 2.75) is 32.5 Å². The quantitative estimate of drug-likeness (QED) is 0.883. The topological polar surface area (TPSA) is 60.5 Å². The Morgan fingerprint density at radius 2 is 2.43 bits per heavy atom. The smallest absolute Gasteiger partial charge is 0.270 e. The summed E-state index contributed by atoms with van der Waals surface area (Å²) in [5.74, 6) is 0.656. The molecule has 1 aromatic heterocycles. The second-order valence-corrected chi connectivity index (χ2v) is 6.52. The van der Waals surface area contributed by atoms with Crippen LogP contribution in [0.25, 0.3) is 0 Å². The van der Waals surface area contributed by atoms with Crippen molar-refractivity contribution in [3.8, 4) is 5.75 Å². The third kappa shape index (κ3) is 4.53. The van der Waals surface area contributed by atoms with Gasteiger partial charge in [0.05, 0.1) is 6.10 Å². The average Bonchev–Trinajstić information content (AvgIpc) is 3.22. The van der Waals surface area contributed by atoms with Crippen molar-refractivity contribution in [3.63, 3.8) is 0 Å². The van der Waals surface area contributed by atoms with Gasteiger partial charge in [-0.15, -0.1) is 11.3 Å². The molecule has 1 unspecified atom stereocenters. The summed E-state index contributed by atoms with van der Waals surface area (Å²) in [6.45, 7) is 3.73. The molecule has 0 aliphatic carbocycles. The summed E-state index contributed by atoms with van der Waals surface area (Å²) in [6.07, 6.45) is 2.21. The number of nitrogens with zero attached hydrogens (tertiary/aromatic N) is 1. The van der Waals surface area contributed by atoms with Crippen LogP contribution in [0.4, 0.5) is 0 Å². The van der Waals surface area contributed by atoms with Gasteiger partial charge >= 0.3 is 0 Å². The first kappa shape index (κ1) is 16.0. The molecule has 23 heavy (non-hydrogen) atoms. The third-order valence-corrected chi connectivity index (χ3v) is 4.47. The number of amides is 1. The normalized spacial score (nSPS) is 17.2. The third-order valence-electron chi connectivity index (χ3n) is 3.65. The van der Waals surface area contributed by atoms with Gasteiger partial charge in [0.2, 0.25) is 0 Å². The van der Waals surface area contributed by atoms with Crippen molar-refractivity contribution in [1.82, 2.24) is 10.3 Å². The second-order valence-electron chi connectivity index (χ2n) is 5.58. The van der Waals surface area contributed by atoms with Gasteiger partial charge in [0.1, 0.15) is 23.1 Å². The first-order valence-electron chi connectivity index (χ1n) is 7.74. The first-order chi connectivity index (χ1) is 11.2. The molecule has 1 atom stereocenters. The van der Waals surface area contributed by atoms with Crippen LogP contribution in [0.15, 0.2) is 29.6 Å². The lowest BCUT2D eigenvalue weighted by Crippen LogP contribution is -2.31. The highest BCUT2D eigenvalue weighted by Crippen LogP contribution is 2.17. The number of nitrogens with one attached hydrogen (secondary N) is 1. The van der Waals surface area contributed by atoms with Gasteiger partial charge in [0.25, 0.3) is 5.91 Å². The maximum absolute atomic E-state index is 12.1. The zero-order valence-corrected chi connectivity index (χ0v) is 13.9. The minimum atomic E-state index is -0.154. The maximum Gasteiger partial charge on any atom is 0.270 e. The Bertz CT molecular complexity index is 665. The molecular formula is C17H20N2O3S. The van der Waals surface area contributed by atoms with Gasteiger partial charge < -0.3 is 14.8 Å². The van der Waals surface area contributed by atoms with Gasteiger partial charge in [-0.25, -0.2) is 4.98 Å². The molecule has 5 nitrogen and oxygen atoms in total. The number of benzene rings is 1. The standard InChI is InChI=1S/C17H20N2O3S/c1-12-4-2-5-13(8-12)22-10-16-19-15(11-23-16)17(20)18-9-14-6-3-7-21-14/h2,4-5,8,11,14H,3,6-7,9-10H2,1H3,(H,18,20). The summed E-state index contributed by atoms with van der Waals surface area (Å²) in [6, 6.07) is 7.86. The molecule has 1 fully saturated rings. The Hall–Kier alpha value is -1.92. The Labute approximate surface area is 139 Å². The average molecular weight is 332 g/mol. The van der Waals surface area contributed by atoms with E-state index in [1.54, 1.807) is 5.38 Å². The summed E-state index contributed by atoms with van der Waals surface area (Å²) in [4.78, 5) is 16.4. The molecule has 1 aliphatic heterocycles. The van der Waals surface area contributed by atoms with Crippen molar-refractivity contribution in [2.75, 3.05) is 13.2 Å². The van der Waals surface area contributed by atoms with Crippen molar-refractivity contribution in [1.29, 1.82) is 0 Å². The van der Waals surface area contributed by atoms with Crippen LogP contribution < -0.4 is 10.1 Å². The molecule has 0 saturated carbocycles. The van der Waals surface area contributed by atoms with Crippen molar-refractivity contribution in [2.24, 2.45) is 0 Å². The maximum atomic E-state index is 12.1. The Balaban J connectivity index is 1.49. The van der Waals surface area contributed by atoms with Crippen LogP contribution in [-0.2, 0) is 11.3 Å². The van der Waals surface area contributed by atoms with Gasteiger partial charge in [-0.2, -0.15) is 0 Å². The van der Waals surface area contributed by atoms with Crippen LogP contribution in [0.5, 0.6) is 5.75 Å². The lowest BCUT2D eigenvalue weighted by molar-refractivity contribution is 0.0854. The Morgan fingerprint density at radius 3 is 3.22 bits per heavy atom. The van der Waals surface area contributed by atoms with E-state index in [-0.39, 0.29) is 12.0 Å². The highest BCUT2D eigenvalue weighted by Gasteiger charge is 2.17. The molecule has 6 heteroatoms. The van der Waals surface area contributed by atoms with E-state index in [0.717, 1.165) is 35.8 Å². The number of ether oxygens (including phenoxy) is 2. The molecule has 2 aromatic rings. The molecule has 0 radical (unpaired) electrons. The van der Waals surface area contributed by atoms with Crippen LogP contribution in [-0.4, -0.2) is 30.1 Å². The highest BCUT2D eigenvalue weighted by molar-refractivity contribution is 7.09. The number of aryl methyl sites for hydroxylation is 1. The summed E-state index contributed by atoms with van der Waals surface area (Å²) < 4.78 is 11.2. The van der Waals surface area contributed by atoms with E-state index < -0.39 is 0 Å². The fourth-order valence-corrected chi connectivity index (χ4v) is 3.12. The number of hydrogen-bond acceptors (Lipinski definition) is 5. The molecule has 1 aliphatic rings. The van der Waals surface area contributed by atoms with Gasteiger partial charge in [0, 0.05) is 18.5 Å². The summed E-state index contributed by atoms with van der Waals surface area (Å²) in [5, 5.41) is 5.42. The predicted octanol–water partition coefficient (Wildman–Crippen LogP) is 2.94. The largest absolute Gasteiger partial charge is 0.486 e. The van der Waals surface area contributed by atoms with Crippen LogP contribution in [0, 0.1) is 6.92 Å². The van der Waals surface area contributed by atoms with Gasteiger partial charge in [-0.05, 0) is 37.5 Å². The van der Waals surface area contributed by atoms with Gasteiger partial charge in [-0.1, -0.05) is 12.1 Å². The van der Waals surface area contributed by atoms with E-state index in [2.05, 4.69) is 10.3 Å². The van der Waals surface area contributed by atoms with E-state index >= 15 is 0 Å². The SMILES string of the molecule is Cc1cccc(OCc2nc(C(=O)NCC3CCCO3)cs2)c1. The molecular weight excluding hydrogens is 312 g/mol. The lowest BCUT2D eigenvalue weighted by atomic mass is 10.2. The summed E-state index contributed by atoms with van der Waals surface area (Å²) in [7, 11) is 0. The van der Waals surface area contributed by atoms with Gasteiger partial charge in [0.15, 0.2) is 0 Å². The molecule has 122 valence electrons. The Morgan fingerprint density at radius 1 is 1.52 bits per heavy atom. The van der Waals surface area contributed by atoms with Crippen LogP contribution in [0.3, 0.4) is 0 Å². The number of thiazole rings is 1. The summed E-state index contributed by atoms with van der Waals surface area (Å²) >= 11 is 1.43. The fourth-order valence-electron chi connectivity index (χ4n) is 2.43. The minimum absolute atomic E-state index is 0.140. The van der Waals surface area contributed by atoms with E-state index in [1.807, 2.05) is 31.2 Å². The number of carbonyl (C=O) groups excluding carboxylic acids is 1. The minimum Gasteiger partial charge on any atom is -0.486 e. The van der Waals surface area contributed by atoms with E-state index in [9.17, 15) is 4.79 Å². The van der Waals surface area contributed by atoms with E-state index in [1.165, 1.54) is 11.3 Å². The number of carbonyl (C=O) groups is 1. The molecule has 2 heterocycles. The van der Waals surface area contributed by atoms with Crippen molar-refractivity contribution < 1.29 is 14.3 Å². The van der Waals surface area contributed by atoms with Crippen molar-refractivity contribution in [3.05, 3.63) is 45.9 Å². The number of rotatable bonds is 6. The fraction of sp³-hybridized carbons (Fsp3) is 0.412. The van der Waals surface area contributed by atoms with E-state index in [0.29, 0.717) is 18.8 Å². The summed E-state index contributed by atoms with van der Waals surface area (Å²) in [5.41, 5.74) is 1.59. The zero-order chi connectivity index (χ0) is 16.1. The van der Waals surface area contributed by atoms with Crippen molar-refractivity contribution >= 4 is 17.2 Å². The zero-order valence-electron chi connectivity index (χ0n) is 13.1. The van der Waals surface area contributed by atoms with Crippen LogP contribution in [0.2, 0.25) is 0 Å². The first-order valence-corrected chi connectivity index (χ1v) is 8.62. The van der Waals surface area contributed by atoms with Crippen LogP contribution >= 0.6 is 11.3 Å². The van der Waals surface area contributed by atoms with Crippen LogP contribution in [0.1, 0.15) is 33.9 Å². The highest BCUT2D eigenvalue weighted by atomic mass is 32.1. The molecule has 1 saturated heterocycles. The number of hydrogen-bond donors (Lipinski definition) is 1. The lowest BCUT2D eigenvalue weighted by Gasteiger charge is -2.09. The second kappa shape index (κ2) is 7.57. The Kier molecular flexibility index (Phi) is 5.25. The monoisotopic (exact) mass is 332 g/mol. The predicted molar refractivity (Wildman–Crippen MR) is 88.9 cm³/mol. The molecule has 1 aromatic carbocycles. The number of aromatic nitrogens is 1. The molecule has 3 rings (SSSR count). The molecule has 1 N–H and O–H groups in total. The molecule has 1 amide bonds. The van der Waals surface area contributed by atoms with Gasteiger partial charge in [-0.3, -0.25) is 4.79 Å².